The number of amides is 1. The summed E-state index contributed by atoms with van der Waals surface area (Å²) in [6, 6.07) is 9.78. The minimum Gasteiger partial charge on any atom is -0.445 e. The third kappa shape index (κ3) is 4.34. The maximum Gasteiger partial charge on any atom is 0.410 e. The molecule has 1 amide bonds. The fraction of sp³-hybridized carbons (Fsp3) is 0.444. The molecule has 1 aromatic heterocycles. The number of rotatable bonds is 4. The summed E-state index contributed by atoms with van der Waals surface area (Å²) in [5.74, 6) is 0.576. The van der Waals surface area contributed by atoms with Crippen LogP contribution in [0, 0.1) is 12.8 Å². The second-order valence-electron chi connectivity index (χ2n) is 6.21. The molecule has 0 N–H and O–H groups in total. The molecule has 23 heavy (non-hydrogen) atoms. The second kappa shape index (κ2) is 7.31. The molecule has 0 radical (unpaired) electrons. The molecule has 1 aliphatic heterocycles. The molecule has 2 heterocycles. The van der Waals surface area contributed by atoms with E-state index in [0.29, 0.717) is 12.5 Å². The topological polar surface area (TPSA) is 47.4 Å². The van der Waals surface area contributed by atoms with Gasteiger partial charge in [-0.05, 0) is 36.8 Å². The number of hydrogen-bond acceptors (Lipinski definition) is 3. The van der Waals surface area contributed by atoms with Crippen molar-refractivity contribution in [3.8, 4) is 0 Å². The summed E-state index contributed by atoms with van der Waals surface area (Å²) in [5.41, 5.74) is 2.21. The number of aryl methyl sites for hydroxylation is 1. The molecule has 5 heteroatoms. The number of benzene rings is 1. The van der Waals surface area contributed by atoms with Crippen molar-refractivity contribution in [3.63, 3.8) is 0 Å². The Bertz CT molecular complexity index is 631. The van der Waals surface area contributed by atoms with Crippen molar-refractivity contribution in [2.75, 3.05) is 13.1 Å². The summed E-state index contributed by atoms with van der Waals surface area (Å²) in [6.45, 7) is 4.85. The summed E-state index contributed by atoms with van der Waals surface area (Å²) in [7, 11) is 0. The molecular formula is C18H23N3O2. The van der Waals surface area contributed by atoms with Crippen LogP contribution in [0.3, 0.4) is 0 Å². The van der Waals surface area contributed by atoms with E-state index in [4.69, 9.17) is 4.74 Å². The quantitative estimate of drug-likeness (QED) is 0.870. The van der Waals surface area contributed by atoms with Gasteiger partial charge in [-0.25, -0.2) is 4.79 Å². The van der Waals surface area contributed by atoms with E-state index in [1.807, 2.05) is 46.1 Å². The minimum atomic E-state index is -0.206. The first kappa shape index (κ1) is 15.6. The van der Waals surface area contributed by atoms with Crippen LogP contribution in [-0.4, -0.2) is 33.9 Å². The first-order chi connectivity index (χ1) is 11.2. The molecule has 1 aromatic carbocycles. The van der Waals surface area contributed by atoms with E-state index in [9.17, 15) is 4.79 Å². The van der Waals surface area contributed by atoms with Crippen LogP contribution in [0.4, 0.5) is 4.79 Å². The molecule has 0 unspecified atom stereocenters. The average molecular weight is 313 g/mol. The predicted molar refractivity (Wildman–Crippen MR) is 87.9 cm³/mol. The monoisotopic (exact) mass is 313 g/mol. The Hall–Kier alpha value is -2.30. The molecule has 0 saturated carbocycles. The number of ether oxygens (including phenoxy) is 1. The van der Waals surface area contributed by atoms with E-state index < -0.39 is 0 Å². The van der Waals surface area contributed by atoms with Gasteiger partial charge >= 0.3 is 6.09 Å². The highest BCUT2D eigenvalue weighted by Gasteiger charge is 2.24. The number of carbonyl (C=O) groups excluding carboxylic acids is 1. The molecule has 0 atom stereocenters. The highest BCUT2D eigenvalue weighted by molar-refractivity contribution is 5.67. The van der Waals surface area contributed by atoms with Crippen molar-refractivity contribution < 1.29 is 9.53 Å². The molecule has 3 rings (SSSR count). The van der Waals surface area contributed by atoms with Crippen molar-refractivity contribution in [3.05, 3.63) is 53.9 Å². The fourth-order valence-electron chi connectivity index (χ4n) is 2.94. The zero-order valence-corrected chi connectivity index (χ0v) is 13.5. The number of nitrogens with zero attached hydrogens (tertiary/aromatic N) is 3. The Morgan fingerprint density at radius 1 is 1.26 bits per heavy atom. The van der Waals surface area contributed by atoms with Gasteiger partial charge in [-0.3, -0.25) is 4.68 Å². The smallest absolute Gasteiger partial charge is 0.410 e. The lowest BCUT2D eigenvalue weighted by molar-refractivity contribution is 0.0803. The third-order valence-electron chi connectivity index (χ3n) is 4.29. The molecule has 1 saturated heterocycles. The van der Waals surface area contributed by atoms with Crippen molar-refractivity contribution in [1.82, 2.24) is 14.7 Å². The van der Waals surface area contributed by atoms with Crippen LogP contribution in [0.1, 0.15) is 24.0 Å². The number of likely N-dealkylation sites (tertiary alicyclic amines) is 1. The Morgan fingerprint density at radius 3 is 2.65 bits per heavy atom. The maximum absolute atomic E-state index is 12.1. The lowest BCUT2D eigenvalue weighted by Crippen LogP contribution is -2.39. The highest BCUT2D eigenvalue weighted by atomic mass is 16.6. The largest absolute Gasteiger partial charge is 0.445 e. The summed E-state index contributed by atoms with van der Waals surface area (Å²) in [4.78, 5) is 13.9. The van der Waals surface area contributed by atoms with Crippen LogP contribution in [0.25, 0.3) is 0 Å². The summed E-state index contributed by atoms with van der Waals surface area (Å²) >= 11 is 0. The third-order valence-corrected chi connectivity index (χ3v) is 4.29. The summed E-state index contributed by atoms with van der Waals surface area (Å²) < 4.78 is 7.40. The zero-order valence-electron chi connectivity index (χ0n) is 13.5. The molecule has 2 aromatic rings. The van der Waals surface area contributed by atoms with Gasteiger partial charge in [-0.1, -0.05) is 30.3 Å². The van der Waals surface area contributed by atoms with Crippen molar-refractivity contribution in [2.24, 2.45) is 5.92 Å². The molecule has 1 fully saturated rings. The Morgan fingerprint density at radius 2 is 2.00 bits per heavy atom. The van der Waals surface area contributed by atoms with Crippen LogP contribution in [0.2, 0.25) is 0 Å². The van der Waals surface area contributed by atoms with Crippen molar-refractivity contribution in [2.45, 2.75) is 32.9 Å². The van der Waals surface area contributed by atoms with Gasteiger partial charge in [-0.15, -0.1) is 0 Å². The number of piperidine rings is 1. The lowest BCUT2D eigenvalue weighted by Gasteiger charge is -2.31. The summed E-state index contributed by atoms with van der Waals surface area (Å²) in [5, 5.41) is 4.34. The number of carbonyl (C=O) groups is 1. The van der Waals surface area contributed by atoms with Crippen LogP contribution >= 0.6 is 0 Å². The molecule has 0 aliphatic carbocycles. The molecular weight excluding hydrogens is 290 g/mol. The second-order valence-corrected chi connectivity index (χ2v) is 6.21. The summed E-state index contributed by atoms with van der Waals surface area (Å²) in [6.07, 6.45) is 5.75. The highest BCUT2D eigenvalue weighted by Crippen LogP contribution is 2.20. The van der Waals surface area contributed by atoms with Gasteiger partial charge in [0.15, 0.2) is 0 Å². The van der Waals surface area contributed by atoms with E-state index in [-0.39, 0.29) is 6.09 Å². The average Bonchev–Trinajstić information content (AvgIpc) is 2.99. The number of aromatic nitrogens is 2. The maximum atomic E-state index is 12.1. The van der Waals surface area contributed by atoms with Gasteiger partial charge in [0.05, 0.1) is 6.20 Å². The van der Waals surface area contributed by atoms with E-state index >= 15 is 0 Å². The lowest BCUT2D eigenvalue weighted by atomic mass is 9.97. The Balaban J connectivity index is 1.42. The first-order valence-corrected chi connectivity index (χ1v) is 8.15. The normalized spacial score (nSPS) is 15.6. The minimum absolute atomic E-state index is 0.206. The van der Waals surface area contributed by atoms with Gasteiger partial charge in [0.25, 0.3) is 0 Å². The van der Waals surface area contributed by atoms with E-state index in [1.54, 1.807) is 0 Å². The van der Waals surface area contributed by atoms with Crippen LogP contribution in [0.5, 0.6) is 0 Å². The van der Waals surface area contributed by atoms with Crippen molar-refractivity contribution >= 4 is 6.09 Å². The van der Waals surface area contributed by atoms with E-state index in [2.05, 4.69) is 18.2 Å². The van der Waals surface area contributed by atoms with Gasteiger partial charge in [-0.2, -0.15) is 5.10 Å². The molecule has 0 spiro atoms. The molecule has 5 nitrogen and oxygen atoms in total. The van der Waals surface area contributed by atoms with Crippen LogP contribution < -0.4 is 0 Å². The predicted octanol–water partition coefficient (Wildman–Crippen LogP) is 3.24. The molecule has 122 valence electrons. The first-order valence-electron chi connectivity index (χ1n) is 8.15. The van der Waals surface area contributed by atoms with Gasteiger partial charge in [0.1, 0.15) is 6.61 Å². The standard InChI is InChI=1S/C18H23N3O2/c1-15-11-19-21(12-15)13-16-7-9-20(10-8-16)18(22)23-14-17-5-3-2-4-6-17/h2-6,11-12,16H,7-10,13-14H2,1H3. The zero-order chi connectivity index (χ0) is 16.1. The fourth-order valence-corrected chi connectivity index (χ4v) is 2.94. The Kier molecular flexibility index (Phi) is 4.95. The van der Waals surface area contributed by atoms with Crippen LogP contribution in [-0.2, 0) is 17.9 Å². The van der Waals surface area contributed by atoms with Crippen molar-refractivity contribution in [1.29, 1.82) is 0 Å². The van der Waals surface area contributed by atoms with E-state index in [1.165, 1.54) is 5.56 Å². The molecule has 0 bridgehead atoms. The Labute approximate surface area is 136 Å². The van der Waals surface area contributed by atoms with E-state index in [0.717, 1.165) is 38.0 Å². The van der Waals surface area contributed by atoms with Gasteiger partial charge in [0.2, 0.25) is 0 Å². The SMILES string of the molecule is Cc1cnn(CC2CCN(C(=O)OCc3ccccc3)CC2)c1. The van der Waals surface area contributed by atoms with Gasteiger partial charge in [0, 0.05) is 25.8 Å². The van der Waals surface area contributed by atoms with Crippen LogP contribution in [0.15, 0.2) is 42.7 Å². The molecule has 1 aliphatic rings. The number of hydrogen-bond donors (Lipinski definition) is 0. The van der Waals surface area contributed by atoms with Gasteiger partial charge < -0.3 is 9.64 Å².